The van der Waals surface area contributed by atoms with Gasteiger partial charge in [-0.05, 0) is 45.0 Å². The van der Waals surface area contributed by atoms with E-state index in [0.717, 1.165) is 5.52 Å². The Morgan fingerprint density at radius 3 is 2.57 bits per heavy atom. The normalized spacial score (nSPS) is 11.6. The van der Waals surface area contributed by atoms with Crippen molar-refractivity contribution in [1.29, 1.82) is 0 Å². The zero-order valence-corrected chi connectivity index (χ0v) is 13.2. The van der Waals surface area contributed by atoms with E-state index in [4.69, 9.17) is 4.42 Å². The van der Waals surface area contributed by atoms with E-state index < -0.39 is 4.92 Å². The SMILES string of the molecule is CC(C)(C)Nc1ccc(-c2nc3ccccc3o2)cc1[N+](=O)[O-]. The molecule has 118 valence electrons. The molecule has 6 heteroatoms. The fourth-order valence-corrected chi connectivity index (χ4v) is 2.32. The first-order valence-electron chi connectivity index (χ1n) is 7.26. The van der Waals surface area contributed by atoms with E-state index in [9.17, 15) is 10.1 Å². The van der Waals surface area contributed by atoms with E-state index in [0.29, 0.717) is 22.7 Å². The number of hydrogen-bond donors (Lipinski definition) is 1. The van der Waals surface area contributed by atoms with Crippen molar-refractivity contribution in [2.75, 3.05) is 5.32 Å². The van der Waals surface area contributed by atoms with E-state index >= 15 is 0 Å². The highest BCUT2D eigenvalue weighted by Crippen LogP contribution is 2.33. The lowest BCUT2D eigenvalue weighted by Crippen LogP contribution is -2.26. The number of benzene rings is 2. The summed E-state index contributed by atoms with van der Waals surface area (Å²) in [6.45, 7) is 5.85. The standard InChI is InChI=1S/C17H17N3O3/c1-17(2,3)19-12-9-8-11(10-14(12)20(21)22)16-18-13-6-4-5-7-15(13)23-16/h4-10,19H,1-3H3. The van der Waals surface area contributed by atoms with Crippen LogP contribution in [0.15, 0.2) is 46.9 Å². The molecule has 3 aromatic rings. The second-order valence-corrected chi connectivity index (χ2v) is 6.35. The van der Waals surface area contributed by atoms with Gasteiger partial charge in [0.05, 0.1) is 4.92 Å². The highest BCUT2D eigenvalue weighted by Gasteiger charge is 2.21. The van der Waals surface area contributed by atoms with Crippen molar-refractivity contribution >= 4 is 22.5 Å². The van der Waals surface area contributed by atoms with Crippen LogP contribution in [-0.4, -0.2) is 15.4 Å². The number of nitrogens with zero attached hydrogens (tertiary/aromatic N) is 2. The Hall–Kier alpha value is -2.89. The summed E-state index contributed by atoms with van der Waals surface area (Å²) in [5.41, 5.74) is 2.16. The van der Waals surface area contributed by atoms with Crippen LogP contribution in [0.2, 0.25) is 0 Å². The molecule has 3 rings (SSSR count). The molecule has 0 amide bonds. The molecular weight excluding hydrogens is 294 g/mol. The van der Waals surface area contributed by atoms with Gasteiger partial charge in [-0.15, -0.1) is 0 Å². The zero-order valence-electron chi connectivity index (χ0n) is 13.2. The molecule has 0 unspecified atom stereocenters. The largest absolute Gasteiger partial charge is 0.436 e. The molecular formula is C17H17N3O3. The Labute approximate surface area is 133 Å². The Morgan fingerprint density at radius 2 is 1.91 bits per heavy atom. The average molecular weight is 311 g/mol. The lowest BCUT2D eigenvalue weighted by molar-refractivity contribution is -0.383. The van der Waals surface area contributed by atoms with Gasteiger partial charge in [0.2, 0.25) is 5.89 Å². The van der Waals surface area contributed by atoms with Gasteiger partial charge in [0, 0.05) is 17.2 Å². The van der Waals surface area contributed by atoms with Gasteiger partial charge in [-0.1, -0.05) is 12.1 Å². The number of anilines is 1. The van der Waals surface area contributed by atoms with Crippen LogP contribution >= 0.6 is 0 Å². The minimum Gasteiger partial charge on any atom is -0.436 e. The van der Waals surface area contributed by atoms with Crippen LogP contribution in [0, 0.1) is 10.1 Å². The van der Waals surface area contributed by atoms with E-state index in [1.807, 2.05) is 45.0 Å². The molecule has 0 aliphatic heterocycles. The fraction of sp³-hybridized carbons (Fsp3) is 0.235. The molecule has 23 heavy (non-hydrogen) atoms. The van der Waals surface area contributed by atoms with Crippen LogP contribution in [0.1, 0.15) is 20.8 Å². The lowest BCUT2D eigenvalue weighted by atomic mass is 10.1. The summed E-state index contributed by atoms with van der Waals surface area (Å²) in [6, 6.07) is 12.3. The first kappa shape index (κ1) is 15.0. The van der Waals surface area contributed by atoms with Crippen molar-refractivity contribution in [2.24, 2.45) is 0 Å². The van der Waals surface area contributed by atoms with Gasteiger partial charge in [-0.25, -0.2) is 4.98 Å². The van der Waals surface area contributed by atoms with Gasteiger partial charge in [-0.2, -0.15) is 0 Å². The van der Waals surface area contributed by atoms with Gasteiger partial charge in [-0.3, -0.25) is 10.1 Å². The molecule has 2 aromatic carbocycles. The summed E-state index contributed by atoms with van der Waals surface area (Å²) in [5.74, 6) is 0.372. The molecule has 0 radical (unpaired) electrons. The van der Waals surface area contributed by atoms with Crippen molar-refractivity contribution in [2.45, 2.75) is 26.3 Å². The predicted octanol–water partition coefficient (Wildman–Crippen LogP) is 4.61. The minimum atomic E-state index is -0.403. The van der Waals surface area contributed by atoms with Crippen LogP contribution < -0.4 is 5.32 Å². The fourth-order valence-electron chi connectivity index (χ4n) is 2.32. The number of rotatable bonds is 3. The molecule has 1 aromatic heterocycles. The number of oxazole rings is 1. The van der Waals surface area contributed by atoms with Gasteiger partial charge in [0.1, 0.15) is 11.2 Å². The van der Waals surface area contributed by atoms with Crippen molar-refractivity contribution in [1.82, 2.24) is 4.98 Å². The zero-order chi connectivity index (χ0) is 16.6. The second kappa shape index (κ2) is 5.39. The van der Waals surface area contributed by atoms with Crippen LogP contribution in [0.25, 0.3) is 22.6 Å². The van der Waals surface area contributed by atoms with E-state index in [-0.39, 0.29) is 11.2 Å². The number of para-hydroxylation sites is 2. The molecule has 0 fully saturated rings. The quantitative estimate of drug-likeness (QED) is 0.564. The Bertz CT molecular complexity index is 845. The molecule has 0 saturated carbocycles. The van der Waals surface area contributed by atoms with Gasteiger partial charge in [0.15, 0.2) is 5.58 Å². The molecule has 0 spiro atoms. The number of nitro groups is 1. The van der Waals surface area contributed by atoms with Crippen molar-refractivity contribution in [3.63, 3.8) is 0 Å². The van der Waals surface area contributed by atoms with E-state index in [2.05, 4.69) is 10.3 Å². The summed E-state index contributed by atoms with van der Waals surface area (Å²) >= 11 is 0. The summed E-state index contributed by atoms with van der Waals surface area (Å²) in [5, 5.41) is 14.5. The average Bonchev–Trinajstić information content (AvgIpc) is 2.89. The van der Waals surface area contributed by atoms with Gasteiger partial charge < -0.3 is 9.73 Å². The molecule has 0 aliphatic rings. The van der Waals surface area contributed by atoms with Crippen molar-refractivity contribution < 1.29 is 9.34 Å². The molecule has 0 saturated heterocycles. The van der Waals surface area contributed by atoms with Gasteiger partial charge in [0.25, 0.3) is 5.69 Å². The molecule has 0 aliphatic carbocycles. The second-order valence-electron chi connectivity index (χ2n) is 6.35. The maximum atomic E-state index is 11.4. The minimum absolute atomic E-state index is 0.000295. The first-order valence-corrected chi connectivity index (χ1v) is 7.26. The molecule has 1 heterocycles. The van der Waals surface area contributed by atoms with Crippen LogP contribution in [-0.2, 0) is 0 Å². The highest BCUT2D eigenvalue weighted by molar-refractivity contribution is 5.77. The van der Waals surface area contributed by atoms with E-state index in [1.54, 1.807) is 12.1 Å². The lowest BCUT2D eigenvalue weighted by Gasteiger charge is -2.21. The summed E-state index contributed by atoms with van der Waals surface area (Å²) in [6.07, 6.45) is 0. The number of hydrogen-bond acceptors (Lipinski definition) is 5. The van der Waals surface area contributed by atoms with E-state index in [1.165, 1.54) is 6.07 Å². The molecule has 6 nitrogen and oxygen atoms in total. The summed E-state index contributed by atoms with van der Waals surface area (Å²) < 4.78 is 5.68. The third-order valence-corrected chi connectivity index (χ3v) is 3.24. The number of nitrogens with one attached hydrogen (secondary N) is 1. The Morgan fingerprint density at radius 1 is 1.17 bits per heavy atom. The first-order chi connectivity index (χ1) is 10.8. The smallest absolute Gasteiger partial charge is 0.293 e. The molecule has 1 N–H and O–H groups in total. The summed E-state index contributed by atoms with van der Waals surface area (Å²) in [7, 11) is 0. The Kier molecular flexibility index (Phi) is 3.52. The predicted molar refractivity (Wildman–Crippen MR) is 89.5 cm³/mol. The van der Waals surface area contributed by atoms with Crippen LogP contribution in [0.3, 0.4) is 0 Å². The van der Waals surface area contributed by atoms with Crippen LogP contribution in [0.5, 0.6) is 0 Å². The monoisotopic (exact) mass is 311 g/mol. The maximum absolute atomic E-state index is 11.4. The van der Waals surface area contributed by atoms with Crippen molar-refractivity contribution in [3.8, 4) is 11.5 Å². The highest BCUT2D eigenvalue weighted by atomic mass is 16.6. The third kappa shape index (κ3) is 3.15. The summed E-state index contributed by atoms with van der Waals surface area (Å²) in [4.78, 5) is 15.4. The number of aromatic nitrogens is 1. The molecule has 0 atom stereocenters. The van der Waals surface area contributed by atoms with Gasteiger partial charge >= 0.3 is 0 Å². The topological polar surface area (TPSA) is 81.2 Å². The maximum Gasteiger partial charge on any atom is 0.293 e. The third-order valence-electron chi connectivity index (χ3n) is 3.24. The number of nitro benzene ring substituents is 1. The van der Waals surface area contributed by atoms with Crippen molar-refractivity contribution in [3.05, 3.63) is 52.6 Å². The molecule has 0 bridgehead atoms. The number of fused-ring (bicyclic) bond motifs is 1. The Balaban J connectivity index is 2.07. The van der Waals surface area contributed by atoms with Crippen LogP contribution in [0.4, 0.5) is 11.4 Å².